The molecule has 4 atom stereocenters. The maximum atomic E-state index is 13.7. The third kappa shape index (κ3) is 4.49. The van der Waals surface area contributed by atoms with Crippen molar-refractivity contribution >= 4 is 33.5 Å². The van der Waals surface area contributed by atoms with Crippen LogP contribution in [0, 0.1) is 23.7 Å². The molecule has 0 bridgehead atoms. The van der Waals surface area contributed by atoms with E-state index in [0.717, 1.165) is 29.3 Å². The minimum absolute atomic E-state index is 0.00243. The van der Waals surface area contributed by atoms with Crippen LogP contribution in [0.5, 0.6) is 11.5 Å². The maximum Gasteiger partial charge on any atom is 0.233 e. The van der Waals surface area contributed by atoms with Crippen molar-refractivity contribution in [3.05, 3.63) is 69.7 Å². The van der Waals surface area contributed by atoms with Crippen LogP contribution in [0.4, 0.5) is 0 Å². The Morgan fingerprint density at radius 2 is 1.81 bits per heavy atom. The van der Waals surface area contributed by atoms with E-state index < -0.39 is 5.92 Å². The predicted molar refractivity (Wildman–Crippen MR) is 139 cm³/mol. The summed E-state index contributed by atoms with van der Waals surface area (Å²) in [5.74, 6) is 0.0757. The summed E-state index contributed by atoms with van der Waals surface area (Å²) in [5, 5.41) is 0. The minimum atomic E-state index is -0.467. The third-order valence-corrected chi connectivity index (χ3v) is 8.40. The highest BCUT2D eigenvalue weighted by atomic mass is 79.9. The number of methoxy groups -OCH3 is 2. The molecule has 5 rings (SSSR count). The van der Waals surface area contributed by atoms with Crippen molar-refractivity contribution < 1.29 is 23.9 Å². The van der Waals surface area contributed by atoms with Crippen molar-refractivity contribution in [3.63, 3.8) is 0 Å². The number of imide groups is 1. The highest BCUT2D eigenvalue weighted by molar-refractivity contribution is 9.10. The lowest BCUT2D eigenvalue weighted by Crippen LogP contribution is -2.35. The van der Waals surface area contributed by atoms with E-state index in [1.54, 1.807) is 20.3 Å². The molecule has 2 amide bonds. The quantitative estimate of drug-likeness (QED) is 0.255. The molecule has 1 saturated carbocycles. The van der Waals surface area contributed by atoms with Crippen LogP contribution in [-0.4, -0.2) is 43.3 Å². The molecule has 0 N–H and O–H groups in total. The molecular formula is C29H30BrNO5. The number of hydrogen-bond acceptors (Lipinski definition) is 5. The molecule has 2 aromatic carbocycles. The van der Waals surface area contributed by atoms with E-state index in [0.29, 0.717) is 30.0 Å². The fourth-order valence-corrected chi connectivity index (χ4v) is 6.62. The SMILES string of the molecule is COc1ccc(CCN2C(=O)C3C(C2=O)[C@@H]2CCCC2=C[C@@H]3CC(=O)c2cccc(Br)c2)cc1OC. The van der Waals surface area contributed by atoms with Gasteiger partial charge in [0.25, 0.3) is 0 Å². The second-order valence-electron chi connectivity index (χ2n) is 9.86. The Balaban J connectivity index is 1.37. The molecular weight excluding hydrogens is 522 g/mol. The van der Waals surface area contributed by atoms with Crippen molar-refractivity contribution in [1.82, 2.24) is 4.90 Å². The molecule has 7 heteroatoms. The zero-order valence-electron chi connectivity index (χ0n) is 20.5. The van der Waals surface area contributed by atoms with Gasteiger partial charge in [-0.2, -0.15) is 0 Å². The van der Waals surface area contributed by atoms with Gasteiger partial charge in [0.1, 0.15) is 0 Å². The van der Waals surface area contributed by atoms with Gasteiger partial charge in [0.05, 0.1) is 26.1 Å². The van der Waals surface area contributed by atoms with Gasteiger partial charge in [-0.3, -0.25) is 19.3 Å². The fourth-order valence-electron chi connectivity index (χ4n) is 6.22. The van der Waals surface area contributed by atoms with Crippen LogP contribution in [0.25, 0.3) is 0 Å². The minimum Gasteiger partial charge on any atom is -0.493 e. The zero-order valence-corrected chi connectivity index (χ0v) is 22.1. The summed E-state index contributed by atoms with van der Waals surface area (Å²) in [4.78, 5) is 41.9. The highest BCUT2D eigenvalue weighted by Gasteiger charge is 2.56. The van der Waals surface area contributed by atoms with Crippen LogP contribution in [0.1, 0.15) is 41.6 Å². The Morgan fingerprint density at radius 1 is 1.03 bits per heavy atom. The van der Waals surface area contributed by atoms with Gasteiger partial charge in [-0.1, -0.05) is 45.8 Å². The summed E-state index contributed by atoms with van der Waals surface area (Å²) in [7, 11) is 3.17. The molecule has 1 saturated heterocycles. The lowest BCUT2D eigenvalue weighted by molar-refractivity contribution is -0.140. The second kappa shape index (κ2) is 10.2. The van der Waals surface area contributed by atoms with Gasteiger partial charge in [0, 0.05) is 23.0 Å². The average molecular weight is 552 g/mol. The highest BCUT2D eigenvalue weighted by Crippen LogP contribution is 2.51. The molecule has 0 aromatic heterocycles. The summed E-state index contributed by atoms with van der Waals surface area (Å²) in [5.41, 5.74) is 2.84. The molecule has 0 radical (unpaired) electrons. The average Bonchev–Trinajstić information content (AvgIpc) is 3.44. The van der Waals surface area contributed by atoms with E-state index in [9.17, 15) is 14.4 Å². The van der Waals surface area contributed by atoms with Crippen LogP contribution in [0.3, 0.4) is 0 Å². The first kappa shape index (κ1) is 24.8. The molecule has 2 aromatic rings. The predicted octanol–water partition coefficient (Wildman–Crippen LogP) is 5.24. The second-order valence-corrected chi connectivity index (χ2v) is 10.8. The Hall–Kier alpha value is -2.93. The lowest BCUT2D eigenvalue weighted by Gasteiger charge is -2.33. The fraction of sp³-hybridized carbons (Fsp3) is 0.414. The molecule has 3 aliphatic rings. The Bertz CT molecular complexity index is 1240. The van der Waals surface area contributed by atoms with Crippen molar-refractivity contribution in [2.24, 2.45) is 23.7 Å². The summed E-state index contributed by atoms with van der Waals surface area (Å²) in [6.45, 7) is 0.314. The van der Waals surface area contributed by atoms with Crippen LogP contribution >= 0.6 is 15.9 Å². The number of hydrogen-bond donors (Lipinski definition) is 0. The molecule has 1 aliphatic heterocycles. The normalized spacial score (nSPS) is 24.9. The smallest absolute Gasteiger partial charge is 0.233 e. The Kier molecular flexibility index (Phi) is 7.02. The largest absolute Gasteiger partial charge is 0.493 e. The molecule has 2 unspecified atom stereocenters. The van der Waals surface area contributed by atoms with Crippen LogP contribution < -0.4 is 9.47 Å². The van der Waals surface area contributed by atoms with Gasteiger partial charge >= 0.3 is 0 Å². The summed E-state index contributed by atoms with van der Waals surface area (Å²) < 4.78 is 11.6. The monoisotopic (exact) mass is 551 g/mol. The Morgan fingerprint density at radius 3 is 2.56 bits per heavy atom. The molecule has 0 spiro atoms. The van der Waals surface area contributed by atoms with Gasteiger partial charge in [-0.25, -0.2) is 0 Å². The summed E-state index contributed by atoms with van der Waals surface area (Å²) >= 11 is 3.43. The number of Topliss-reactive ketones (excluding diaryl/α,β-unsaturated/α-hetero) is 1. The van der Waals surface area contributed by atoms with Gasteiger partial charge in [-0.05, 0) is 67.3 Å². The summed E-state index contributed by atoms with van der Waals surface area (Å²) in [6, 6.07) is 13.0. The molecule has 2 aliphatic carbocycles. The Labute approximate surface area is 219 Å². The number of carbonyl (C=O) groups is 3. The number of fused-ring (bicyclic) bond motifs is 3. The van der Waals surface area contributed by atoms with E-state index >= 15 is 0 Å². The number of nitrogens with zero attached hydrogens (tertiary/aromatic N) is 1. The number of allylic oxidation sites excluding steroid dienone is 2. The van der Waals surface area contributed by atoms with E-state index in [2.05, 4.69) is 22.0 Å². The third-order valence-electron chi connectivity index (χ3n) is 7.91. The number of rotatable bonds is 8. The lowest BCUT2D eigenvalue weighted by atomic mass is 9.67. The van der Waals surface area contributed by atoms with E-state index in [-0.39, 0.29) is 41.8 Å². The number of likely N-dealkylation sites (tertiary alicyclic amines) is 1. The molecule has 188 valence electrons. The van der Waals surface area contributed by atoms with E-state index in [1.165, 1.54) is 10.5 Å². The number of ether oxygens (including phenoxy) is 2. The molecule has 6 nitrogen and oxygen atoms in total. The van der Waals surface area contributed by atoms with E-state index in [4.69, 9.17) is 9.47 Å². The van der Waals surface area contributed by atoms with Crippen molar-refractivity contribution in [2.75, 3.05) is 20.8 Å². The number of benzene rings is 2. The maximum absolute atomic E-state index is 13.7. The van der Waals surface area contributed by atoms with Crippen molar-refractivity contribution in [2.45, 2.75) is 32.1 Å². The van der Waals surface area contributed by atoms with Crippen molar-refractivity contribution in [1.29, 1.82) is 0 Å². The van der Waals surface area contributed by atoms with Gasteiger partial charge < -0.3 is 9.47 Å². The number of ketones is 1. The molecule has 1 heterocycles. The van der Waals surface area contributed by atoms with Gasteiger partial charge in [-0.15, -0.1) is 0 Å². The van der Waals surface area contributed by atoms with Crippen molar-refractivity contribution in [3.8, 4) is 11.5 Å². The first-order chi connectivity index (χ1) is 17.4. The number of halogens is 1. The topological polar surface area (TPSA) is 72.9 Å². The zero-order chi connectivity index (χ0) is 25.4. The van der Waals surface area contributed by atoms with Crippen LogP contribution in [-0.2, 0) is 16.0 Å². The standard InChI is InChI=1S/C29H30BrNO5/c1-35-24-10-9-17(13-25(24)36-2)11-12-31-28(33)26-20(16-23(32)19-6-3-7-21(30)15-19)14-18-5-4-8-22(18)27(26)29(31)34/h3,6-7,9-10,13-15,20,22,26-27H,4-5,8,11-12,16H2,1-2H3/t20-,22-,26?,27?/m1/s1. The van der Waals surface area contributed by atoms with Crippen LogP contribution in [0.15, 0.2) is 58.6 Å². The molecule has 2 fully saturated rings. The first-order valence-electron chi connectivity index (χ1n) is 12.5. The number of amides is 2. The van der Waals surface area contributed by atoms with E-state index in [1.807, 2.05) is 36.4 Å². The number of carbonyl (C=O) groups excluding carboxylic acids is 3. The molecule has 36 heavy (non-hydrogen) atoms. The summed E-state index contributed by atoms with van der Waals surface area (Å²) in [6.07, 6.45) is 5.82. The van der Waals surface area contributed by atoms with Gasteiger partial charge in [0.15, 0.2) is 17.3 Å². The van der Waals surface area contributed by atoms with Crippen LogP contribution in [0.2, 0.25) is 0 Å². The van der Waals surface area contributed by atoms with Gasteiger partial charge in [0.2, 0.25) is 11.8 Å². The first-order valence-corrected chi connectivity index (χ1v) is 13.3.